The van der Waals surface area contributed by atoms with Crippen LogP contribution in [0.2, 0.25) is 0 Å². The molecule has 0 aromatic heterocycles. The fourth-order valence-corrected chi connectivity index (χ4v) is 1.52. The first kappa shape index (κ1) is 14.7. The molecule has 1 N–H and O–H groups in total. The summed E-state index contributed by atoms with van der Waals surface area (Å²) in [5.74, 6) is -0.209. The molecule has 0 spiro atoms. The zero-order valence-corrected chi connectivity index (χ0v) is 10.9. The Balaban J connectivity index is 1.99. The Labute approximate surface area is 108 Å². The molecule has 18 heavy (non-hydrogen) atoms. The van der Waals surface area contributed by atoms with E-state index in [4.69, 9.17) is 9.47 Å². The highest BCUT2D eigenvalue weighted by molar-refractivity contribution is 5.71. The molecule has 0 aliphatic rings. The first-order valence-electron chi connectivity index (χ1n) is 6.22. The smallest absolute Gasteiger partial charge is 0.319 e. The molecular weight excluding hydrogens is 230 g/mol. The third-order valence-corrected chi connectivity index (χ3v) is 2.47. The van der Waals surface area contributed by atoms with E-state index in [-0.39, 0.29) is 12.5 Å². The van der Waals surface area contributed by atoms with Crippen molar-refractivity contribution in [2.75, 3.05) is 33.4 Å². The quantitative estimate of drug-likeness (QED) is 0.532. The van der Waals surface area contributed by atoms with Crippen LogP contribution in [0.4, 0.5) is 0 Å². The van der Waals surface area contributed by atoms with Gasteiger partial charge in [-0.3, -0.25) is 4.79 Å². The van der Waals surface area contributed by atoms with Gasteiger partial charge in [0.05, 0.1) is 19.8 Å². The van der Waals surface area contributed by atoms with Crippen molar-refractivity contribution in [2.24, 2.45) is 0 Å². The van der Waals surface area contributed by atoms with Crippen molar-refractivity contribution in [3.8, 4) is 0 Å². The van der Waals surface area contributed by atoms with E-state index in [0.29, 0.717) is 19.8 Å². The number of nitrogens with one attached hydrogen (secondary N) is 1. The summed E-state index contributed by atoms with van der Waals surface area (Å²) < 4.78 is 9.96. The van der Waals surface area contributed by atoms with Gasteiger partial charge in [0.25, 0.3) is 0 Å². The van der Waals surface area contributed by atoms with Gasteiger partial charge in [0.1, 0.15) is 0 Å². The Morgan fingerprint density at radius 1 is 1.22 bits per heavy atom. The van der Waals surface area contributed by atoms with Gasteiger partial charge in [0, 0.05) is 13.7 Å². The fraction of sp³-hybridized carbons (Fsp3) is 0.500. The van der Waals surface area contributed by atoms with E-state index >= 15 is 0 Å². The third-order valence-electron chi connectivity index (χ3n) is 2.47. The molecule has 0 atom stereocenters. The molecule has 4 nitrogen and oxygen atoms in total. The number of benzene rings is 1. The van der Waals surface area contributed by atoms with E-state index in [9.17, 15) is 4.79 Å². The number of methoxy groups -OCH3 is 1. The van der Waals surface area contributed by atoms with Gasteiger partial charge in [0.15, 0.2) is 0 Å². The van der Waals surface area contributed by atoms with Gasteiger partial charge in [-0.25, -0.2) is 0 Å². The average molecular weight is 251 g/mol. The second kappa shape index (κ2) is 9.62. The maximum atomic E-state index is 11.3. The lowest BCUT2D eigenvalue weighted by Gasteiger charge is -2.06. The summed E-state index contributed by atoms with van der Waals surface area (Å²) in [5, 5.41) is 2.95. The standard InChI is InChI=1S/C14H21NO3/c1-17-11-9-15-12-14(16)18-10-5-8-13-6-3-2-4-7-13/h2-4,6-7,15H,5,8-12H2,1H3. The van der Waals surface area contributed by atoms with Crippen LogP contribution in [-0.4, -0.2) is 39.4 Å². The van der Waals surface area contributed by atoms with Crippen molar-refractivity contribution < 1.29 is 14.3 Å². The molecule has 0 unspecified atom stereocenters. The monoisotopic (exact) mass is 251 g/mol. The van der Waals surface area contributed by atoms with Crippen LogP contribution in [-0.2, 0) is 20.7 Å². The van der Waals surface area contributed by atoms with E-state index in [1.807, 2.05) is 18.2 Å². The highest BCUT2D eigenvalue weighted by atomic mass is 16.5. The molecular formula is C14H21NO3. The van der Waals surface area contributed by atoms with Gasteiger partial charge in [-0.2, -0.15) is 0 Å². The highest BCUT2D eigenvalue weighted by Crippen LogP contribution is 2.02. The summed E-state index contributed by atoms with van der Waals surface area (Å²) in [5.41, 5.74) is 1.27. The number of hydrogen-bond donors (Lipinski definition) is 1. The molecule has 1 aromatic carbocycles. The van der Waals surface area contributed by atoms with Crippen LogP contribution in [0.3, 0.4) is 0 Å². The van der Waals surface area contributed by atoms with Crippen LogP contribution in [0.5, 0.6) is 0 Å². The van der Waals surface area contributed by atoms with Crippen LogP contribution in [0.25, 0.3) is 0 Å². The molecule has 0 bridgehead atoms. The number of ether oxygens (including phenoxy) is 2. The van der Waals surface area contributed by atoms with Gasteiger partial charge in [-0.1, -0.05) is 30.3 Å². The van der Waals surface area contributed by atoms with Gasteiger partial charge in [0.2, 0.25) is 0 Å². The number of aryl methyl sites for hydroxylation is 1. The van der Waals surface area contributed by atoms with E-state index in [2.05, 4.69) is 17.4 Å². The van der Waals surface area contributed by atoms with Crippen LogP contribution < -0.4 is 5.32 Å². The second-order valence-electron chi connectivity index (χ2n) is 3.98. The van der Waals surface area contributed by atoms with Gasteiger partial charge in [-0.05, 0) is 18.4 Å². The summed E-state index contributed by atoms with van der Waals surface area (Å²) in [6, 6.07) is 10.2. The maximum Gasteiger partial charge on any atom is 0.319 e. The van der Waals surface area contributed by atoms with E-state index < -0.39 is 0 Å². The molecule has 0 amide bonds. The minimum Gasteiger partial charge on any atom is -0.465 e. The molecule has 0 heterocycles. The van der Waals surface area contributed by atoms with E-state index in [1.165, 1.54) is 5.56 Å². The second-order valence-corrected chi connectivity index (χ2v) is 3.98. The molecule has 1 rings (SSSR count). The lowest BCUT2D eigenvalue weighted by atomic mass is 10.1. The minimum atomic E-state index is -0.209. The summed E-state index contributed by atoms with van der Waals surface area (Å²) in [7, 11) is 1.63. The third kappa shape index (κ3) is 7.04. The molecule has 0 fully saturated rings. The lowest BCUT2D eigenvalue weighted by Crippen LogP contribution is -2.27. The summed E-state index contributed by atoms with van der Waals surface area (Å²) in [6.45, 7) is 1.98. The van der Waals surface area contributed by atoms with Crippen molar-refractivity contribution >= 4 is 5.97 Å². The predicted octanol–water partition coefficient (Wildman–Crippen LogP) is 1.40. The van der Waals surface area contributed by atoms with Crippen LogP contribution >= 0.6 is 0 Å². The fourth-order valence-electron chi connectivity index (χ4n) is 1.52. The Morgan fingerprint density at radius 3 is 2.72 bits per heavy atom. The molecule has 0 aliphatic carbocycles. The van der Waals surface area contributed by atoms with Crippen LogP contribution in [0.15, 0.2) is 30.3 Å². The van der Waals surface area contributed by atoms with Gasteiger partial charge < -0.3 is 14.8 Å². The number of hydrogen-bond acceptors (Lipinski definition) is 4. The van der Waals surface area contributed by atoms with Crippen LogP contribution in [0.1, 0.15) is 12.0 Å². The first-order valence-corrected chi connectivity index (χ1v) is 6.22. The number of carbonyl (C=O) groups excluding carboxylic acids is 1. The normalized spacial score (nSPS) is 10.3. The first-order chi connectivity index (χ1) is 8.83. The van der Waals surface area contributed by atoms with Crippen molar-refractivity contribution in [3.05, 3.63) is 35.9 Å². The molecule has 0 saturated heterocycles. The van der Waals surface area contributed by atoms with E-state index in [1.54, 1.807) is 7.11 Å². The molecule has 100 valence electrons. The van der Waals surface area contributed by atoms with Crippen molar-refractivity contribution in [1.82, 2.24) is 5.32 Å². The van der Waals surface area contributed by atoms with E-state index in [0.717, 1.165) is 12.8 Å². The highest BCUT2D eigenvalue weighted by Gasteiger charge is 2.01. The minimum absolute atomic E-state index is 0.209. The SMILES string of the molecule is COCCNCC(=O)OCCCc1ccccc1. The van der Waals surface area contributed by atoms with Crippen LogP contribution in [0, 0.1) is 0 Å². The topological polar surface area (TPSA) is 47.6 Å². The Bertz CT molecular complexity index is 327. The zero-order chi connectivity index (χ0) is 13.1. The number of esters is 1. The molecule has 4 heteroatoms. The average Bonchev–Trinajstić information content (AvgIpc) is 2.41. The van der Waals surface area contributed by atoms with Gasteiger partial charge in [-0.15, -0.1) is 0 Å². The Kier molecular flexibility index (Phi) is 7.84. The summed E-state index contributed by atoms with van der Waals surface area (Å²) >= 11 is 0. The lowest BCUT2D eigenvalue weighted by molar-refractivity contribution is -0.142. The summed E-state index contributed by atoms with van der Waals surface area (Å²) in [6.07, 6.45) is 1.79. The predicted molar refractivity (Wildman–Crippen MR) is 70.5 cm³/mol. The van der Waals surface area contributed by atoms with Gasteiger partial charge >= 0.3 is 5.97 Å². The van der Waals surface area contributed by atoms with Crippen molar-refractivity contribution in [3.63, 3.8) is 0 Å². The zero-order valence-electron chi connectivity index (χ0n) is 10.9. The van der Waals surface area contributed by atoms with Crippen molar-refractivity contribution in [1.29, 1.82) is 0 Å². The number of rotatable bonds is 9. The summed E-state index contributed by atoms with van der Waals surface area (Å²) in [4.78, 5) is 11.3. The molecule has 0 saturated carbocycles. The largest absolute Gasteiger partial charge is 0.465 e. The molecule has 1 aromatic rings. The Hall–Kier alpha value is -1.39. The van der Waals surface area contributed by atoms with Crippen molar-refractivity contribution in [2.45, 2.75) is 12.8 Å². The number of carbonyl (C=O) groups is 1. The maximum absolute atomic E-state index is 11.3. The Morgan fingerprint density at radius 2 is 2.00 bits per heavy atom. The molecule has 0 radical (unpaired) electrons. The molecule has 0 aliphatic heterocycles.